The van der Waals surface area contributed by atoms with Crippen LogP contribution in [0.3, 0.4) is 0 Å². The van der Waals surface area contributed by atoms with Gasteiger partial charge in [0, 0.05) is 12.1 Å². The number of piperidine rings is 1. The molecule has 25 heavy (non-hydrogen) atoms. The van der Waals surface area contributed by atoms with Gasteiger partial charge in [0.1, 0.15) is 5.76 Å². The van der Waals surface area contributed by atoms with E-state index in [1.807, 2.05) is 37.3 Å². The number of aromatic nitrogens is 1. The fraction of sp³-hybridized carbons (Fsp3) is 0.444. The Hall–Kier alpha value is -1.56. The molecule has 1 fully saturated rings. The summed E-state index contributed by atoms with van der Waals surface area (Å²) >= 11 is 0. The highest BCUT2D eigenvalue weighted by Crippen LogP contribution is 2.21. The van der Waals surface area contributed by atoms with Crippen molar-refractivity contribution in [1.82, 2.24) is 15.6 Å². The Morgan fingerprint density at radius 1 is 1.32 bits per heavy atom. The van der Waals surface area contributed by atoms with Crippen molar-refractivity contribution < 1.29 is 9.21 Å². The lowest BCUT2D eigenvalue weighted by Crippen LogP contribution is -2.38. The number of halogens is 2. The molecule has 0 saturated carbocycles. The van der Waals surface area contributed by atoms with Gasteiger partial charge in [-0.25, -0.2) is 4.98 Å². The van der Waals surface area contributed by atoms with Crippen molar-refractivity contribution in [3.05, 3.63) is 41.8 Å². The molecule has 0 spiro atoms. The van der Waals surface area contributed by atoms with Crippen LogP contribution in [-0.4, -0.2) is 30.5 Å². The maximum Gasteiger partial charge on any atom is 0.226 e. The van der Waals surface area contributed by atoms with Crippen LogP contribution >= 0.6 is 24.8 Å². The Labute approximate surface area is 160 Å². The van der Waals surface area contributed by atoms with Crippen LogP contribution in [0.15, 0.2) is 34.7 Å². The third-order valence-corrected chi connectivity index (χ3v) is 4.23. The first kappa shape index (κ1) is 21.5. The highest BCUT2D eigenvalue weighted by Gasteiger charge is 2.17. The minimum absolute atomic E-state index is 0. The molecule has 1 amide bonds. The van der Waals surface area contributed by atoms with Crippen LogP contribution < -0.4 is 10.6 Å². The van der Waals surface area contributed by atoms with Crippen LogP contribution in [0, 0.1) is 12.8 Å². The minimum Gasteiger partial charge on any atom is -0.441 e. The van der Waals surface area contributed by atoms with Crippen molar-refractivity contribution in [3.63, 3.8) is 0 Å². The van der Waals surface area contributed by atoms with E-state index in [0.29, 0.717) is 23.3 Å². The Balaban J connectivity index is 0.00000156. The van der Waals surface area contributed by atoms with Crippen molar-refractivity contribution in [2.75, 3.05) is 19.6 Å². The molecule has 1 aromatic heterocycles. The predicted octanol–water partition coefficient (Wildman–Crippen LogP) is 3.15. The summed E-state index contributed by atoms with van der Waals surface area (Å²) in [5.41, 5.74) is 1.64. The minimum atomic E-state index is 0. The maximum atomic E-state index is 12.1. The number of carbonyl (C=O) groups is 1. The summed E-state index contributed by atoms with van der Waals surface area (Å²) in [6.45, 7) is 4.66. The number of aryl methyl sites for hydroxylation is 1. The molecular weight excluding hydrogens is 361 g/mol. The molecule has 1 aliphatic heterocycles. The molecule has 3 rings (SSSR count). The summed E-state index contributed by atoms with van der Waals surface area (Å²) in [4.78, 5) is 16.6. The van der Waals surface area contributed by atoms with Crippen molar-refractivity contribution in [1.29, 1.82) is 0 Å². The summed E-state index contributed by atoms with van der Waals surface area (Å²) in [6.07, 6.45) is 2.63. The van der Waals surface area contributed by atoms with E-state index in [1.165, 1.54) is 12.8 Å². The summed E-state index contributed by atoms with van der Waals surface area (Å²) in [5, 5.41) is 6.38. The lowest BCUT2D eigenvalue weighted by molar-refractivity contribution is -0.120. The number of rotatable bonds is 5. The highest BCUT2D eigenvalue weighted by atomic mass is 35.5. The molecule has 0 bridgehead atoms. The number of hydrogen-bond acceptors (Lipinski definition) is 4. The van der Waals surface area contributed by atoms with Crippen LogP contribution in [-0.2, 0) is 11.2 Å². The van der Waals surface area contributed by atoms with Gasteiger partial charge >= 0.3 is 0 Å². The quantitative estimate of drug-likeness (QED) is 0.829. The Bertz CT molecular complexity index is 656. The highest BCUT2D eigenvalue weighted by molar-refractivity contribution is 5.85. The zero-order valence-corrected chi connectivity index (χ0v) is 15.9. The van der Waals surface area contributed by atoms with Gasteiger partial charge in [0.15, 0.2) is 0 Å². The normalized spacial score (nSPS) is 16.4. The first-order chi connectivity index (χ1) is 11.2. The topological polar surface area (TPSA) is 67.2 Å². The van der Waals surface area contributed by atoms with E-state index in [9.17, 15) is 4.79 Å². The first-order valence-corrected chi connectivity index (χ1v) is 8.21. The van der Waals surface area contributed by atoms with E-state index in [4.69, 9.17) is 4.42 Å². The lowest BCUT2D eigenvalue weighted by Gasteiger charge is -2.22. The Morgan fingerprint density at radius 2 is 2.08 bits per heavy atom. The molecule has 1 aliphatic rings. The second kappa shape index (κ2) is 10.4. The molecule has 0 aliphatic carbocycles. The molecule has 5 nitrogen and oxygen atoms in total. The fourth-order valence-corrected chi connectivity index (χ4v) is 2.87. The van der Waals surface area contributed by atoms with Gasteiger partial charge in [0.05, 0.1) is 12.1 Å². The van der Waals surface area contributed by atoms with Gasteiger partial charge < -0.3 is 15.1 Å². The number of nitrogens with one attached hydrogen (secondary N) is 2. The monoisotopic (exact) mass is 385 g/mol. The number of carbonyl (C=O) groups excluding carboxylic acids is 1. The standard InChI is InChI=1S/C18H23N3O2.2ClH/c1-13-16(21-18(23-13)15-7-3-2-4-8-15)10-17(22)20-12-14-6-5-9-19-11-14;;/h2-4,7-8,14,19H,5-6,9-12H2,1H3,(H,20,22);2*1H. The van der Waals surface area contributed by atoms with Crippen LogP contribution in [0.4, 0.5) is 0 Å². The SMILES string of the molecule is Cc1oc(-c2ccccc2)nc1CC(=O)NCC1CCCNC1.Cl.Cl. The number of amides is 1. The van der Waals surface area contributed by atoms with E-state index >= 15 is 0 Å². The number of hydrogen-bond donors (Lipinski definition) is 2. The molecule has 1 saturated heterocycles. The van der Waals surface area contributed by atoms with Crippen molar-refractivity contribution in [3.8, 4) is 11.5 Å². The molecule has 2 N–H and O–H groups in total. The maximum absolute atomic E-state index is 12.1. The summed E-state index contributed by atoms with van der Waals surface area (Å²) in [7, 11) is 0. The van der Waals surface area contributed by atoms with Crippen LogP contribution in [0.1, 0.15) is 24.3 Å². The lowest BCUT2D eigenvalue weighted by atomic mass is 10.00. The molecule has 2 aromatic rings. The molecule has 1 aromatic carbocycles. The molecule has 0 radical (unpaired) electrons. The van der Waals surface area contributed by atoms with Crippen LogP contribution in [0.25, 0.3) is 11.5 Å². The van der Waals surface area contributed by atoms with Crippen LogP contribution in [0.2, 0.25) is 0 Å². The van der Waals surface area contributed by atoms with Crippen molar-refractivity contribution in [2.45, 2.75) is 26.2 Å². The van der Waals surface area contributed by atoms with E-state index < -0.39 is 0 Å². The summed E-state index contributed by atoms with van der Waals surface area (Å²) in [6, 6.07) is 9.74. The van der Waals surface area contributed by atoms with E-state index in [2.05, 4.69) is 15.6 Å². The van der Waals surface area contributed by atoms with Gasteiger partial charge in [0.2, 0.25) is 11.8 Å². The van der Waals surface area contributed by atoms with Crippen molar-refractivity contribution in [2.24, 2.45) is 5.92 Å². The predicted molar refractivity (Wildman–Crippen MR) is 103 cm³/mol. The second-order valence-electron chi connectivity index (χ2n) is 6.08. The second-order valence-corrected chi connectivity index (χ2v) is 6.08. The average molecular weight is 386 g/mol. The number of benzene rings is 1. The molecule has 7 heteroatoms. The van der Waals surface area contributed by atoms with Gasteiger partial charge in [-0.3, -0.25) is 4.79 Å². The van der Waals surface area contributed by atoms with E-state index in [1.54, 1.807) is 0 Å². The molecule has 1 unspecified atom stereocenters. The van der Waals surface area contributed by atoms with Gasteiger partial charge in [-0.05, 0) is 50.9 Å². The molecular formula is C18H25Cl2N3O2. The van der Waals surface area contributed by atoms with Gasteiger partial charge in [-0.1, -0.05) is 18.2 Å². The van der Waals surface area contributed by atoms with Crippen molar-refractivity contribution >= 4 is 30.7 Å². The Kier molecular flexibility index (Phi) is 8.97. The average Bonchev–Trinajstić information content (AvgIpc) is 2.95. The summed E-state index contributed by atoms with van der Waals surface area (Å²) in [5.74, 6) is 1.82. The third kappa shape index (κ3) is 6.03. The fourth-order valence-electron chi connectivity index (χ4n) is 2.87. The first-order valence-electron chi connectivity index (χ1n) is 8.21. The zero-order chi connectivity index (χ0) is 16.1. The smallest absolute Gasteiger partial charge is 0.226 e. The zero-order valence-electron chi connectivity index (χ0n) is 14.3. The molecule has 138 valence electrons. The number of nitrogens with zero attached hydrogens (tertiary/aromatic N) is 1. The Morgan fingerprint density at radius 3 is 2.76 bits per heavy atom. The van der Waals surface area contributed by atoms with Gasteiger partial charge in [-0.15, -0.1) is 24.8 Å². The largest absolute Gasteiger partial charge is 0.441 e. The van der Waals surface area contributed by atoms with Gasteiger partial charge in [-0.2, -0.15) is 0 Å². The van der Waals surface area contributed by atoms with Crippen LogP contribution in [0.5, 0.6) is 0 Å². The van der Waals surface area contributed by atoms with E-state index in [0.717, 1.165) is 25.2 Å². The summed E-state index contributed by atoms with van der Waals surface area (Å²) < 4.78 is 5.69. The third-order valence-electron chi connectivity index (χ3n) is 4.23. The van der Waals surface area contributed by atoms with E-state index in [-0.39, 0.29) is 37.1 Å². The molecule has 2 heterocycles. The number of oxazole rings is 1. The molecule has 1 atom stereocenters. The van der Waals surface area contributed by atoms with Gasteiger partial charge in [0.25, 0.3) is 0 Å².